The van der Waals surface area contributed by atoms with Gasteiger partial charge in [-0.05, 0) is 36.9 Å². The molecule has 2 aromatic rings. The van der Waals surface area contributed by atoms with Crippen molar-refractivity contribution in [3.63, 3.8) is 0 Å². The van der Waals surface area contributed by atoms with Crippen LogP contribution in [-0.4, -0.2) is 6.26 Å². The normalized spacial score (nSPS) is 9.83. The van der Waals surface area contributed by atoms with Crippen LogP contribution in [0.5, 0.6) is 11.5 Å². The summed E-state index contributed by atoms with van der Waals surface area (Å²) in [6.45, 7) is 1.94. The maximum Gasteiger partial charge on any atom is 0.148 e. The summed E-state index contributed by atoms with van der Waals surface area (Å²) in [5.41, 5.74) is 1.52. The largest absolute Gasteiger partial charge is 0.455 e. The fraction of sp³-hybridized carbons (Fsp3) is 0.133. The predicted octanol–water partition coefficient (Wildman–Crippen LogP) is 4.38. The summed E-state index contributed by atoms with van der Waals surface area (Å²) in [4.78, 5) is 1.06. The molecule has 2 nitrogen and oxygen atoms in total. The Morgan fingerprint density at radius 1 is 1.11 bits per heavy atom. The van der Waals surface area contributed by atoms with E-state index in [4.69, 9.17) is 10.00 Å². The van der Waals surface area contributed by atoms with Crippen LogP contribution >= 0.6 is 11.8 Å². The minimum absolute atomic E-state index is 0.561. The fourth-order valence-corrected chi connectivity index (χ4v) is 2.21. The van der Waals surface area contributed by atoms with Gasteiger partial charge in [-0.3, -0.25) is 0 Å². The summed E-state index contributed by atoms with van der Waals surface area (Å²) >= 11 is 1.63. The molecule has 0 saturated heterocycles. The maximum atomic E-state index is 9.11. The van der Waals surface area contributed by atoms with Crippen LogP contribution in [0.2, 0.25) is 0 Å². The first-order chi connectivity index (χ1) is 8.76. The summed E-state index contributed by atoms with van der Waals surface area (Å²) in [7, 11) is 0. The van der Waals surface area contributed by atoms with Crippen LogP contribution in [0.3, 0.4) is 0 Å². The Bertz CT molecular complexity index is 602. The molecule has 0 atom stereocenters. The van der Waals surface area contributed by atoms with E-state index in [9.17, 15) is 0 Å². The Hall–Kier alpha value is -1.92. The average Bonchev–Trinajstić information content (AvgIpc) is 2.41. The molecule has 2 aromatic carbocycles. The molecule has 0 aliphatic carbocycles. The number of nitriles is 1. The van der Waals surface area contributed by atoms with Crippen molar-refractivity contribution < 1.29 is 4.74 Å². The molecule has 2 rings (SSSR count). The summed E-state index contributed by atoms with van der Waals surface area (Å²) in [5.74, 6) is 1.43. The molecule has 0 aliphatic rings. The minimum atomic E-state index is 0.561. The molecule has 0 fully saturated rings. The van der Waals surface area contributed by atoms with E-state index in [-0.39, 0.29) is 0 Å². The number of aryl methyl sites for hydroxylation is 1. The number of ether oxygens (including phenoxy) is 1. The number of benzene rings is 2. The summed E-state index contributed by atoms with van der Waals surface area (Å²) in [5, 5.41) is 9.11. The van der Waals surface area contributed by atoms with Crippen molar-refractivity contribution in [2.24, 2.45) is 0 Å². The van der Waals surface area contributed by atoms with Crippen LogP contribution in [0.15, 0.2) is 47.4 Å². The molecule has 0 spiro atoms. The molecule has 0 aromatic heterocycles. The Balaban J connectivity index is 2.43. The lowest BCUT2D eigenvalue weighted by molar-refractivity contribution is 0.466. The van der Waals surface area contributed by atoms with Gasteiger partial charge in [-0.25, -0.2) is 0 Å². The minimum Gasteiger partial charge on any atom is -0.455 e. The van der Waals surface area contributed by atoms with E-state index < -0.39 is 0 Å². The van der Waals surface area contributed by atoms with Crippen molar-refractivity contribution in [3.8, 4) is 17.6 Å². The number of nitrogens with zero attached hydrogens (tertiary/aromatic N) is 1. The zero-order chi connectivity index (χ0) is 13.0. The molecule has 18 heavy (non-hydrogen) atoms. The van der Waals surface area contributed by atoms with Gasteiger partial charge in [-0.2, -0.15) is 5.26 Å². The highest BCUT2D eigenvalue weighted by molar-refractivity contribution is 7.98. The molecule has 0 radical (unpaired) electrons. The number of hydrogen-bond acceptors (Lipinski definition) is 3. The van der Waals surface area contributed by atoms with Gasteiger partial charge in [0.2, 0.25) is 0 Å². The predicted molar refractivity (Wildman–Crippen MR) is 74.2 cm³/mol. The fourth-order valence-electron chi connectivity index (χ4n) is 1.69. The molecule has 0 bridgehead atoms. The van der Waals surface area contributed by atoms with E-state index in [1.54, 1.807) is 17.8 Å². The third-order valence-electron chi connectivity index (χ3n) is 2.61. The Kier molecular flexibility index (Phi) is 3.91. The van der Waals surface area contributed by atoms with Gasteiger partial charge >= 0.3 is 0 Å². The maximum absolute atomic E-state index is 9.11. The SMILES string of the molecule is CSc1ccccc1Oc1c(C)cccc1C#N. The first-order valence-corrected chi connectivity index (χ1v) is 6.79. The van der Waals surface area contributed by atoms with E-state index in [1.807, 2.05) is 49.6 Å². The lowest BCUT2D eigenvalue weighted by Gasteiger charge is -2.12. The third-order valence-corrected chi connectivity index (χ3v) is 3.39. The number of thioether (sulfide) groups is 1. The van der Waals surface area contributed by atoms with Crippen LogP contribution < -0.4 is 4.74 Å². The quantitative estimate of drug-likeness (QED) is 0.763. The Morgan fingerprint density at radius 2 is 1.89 bits per heavy atom. The topological polar surface area (TPSA) is 33.0 Å². The summed E-state index contributed by atoms with van der Waals surface area (Å²) in [6, 6.07) is 15.6. The molecule has 0 N–H and O–H groups in total. The van der Waals surface area contributed by atoms with Crippen LogP contribution in [0.25, 0.3) is 0 Å². The van der Waals surface area contributed by atoms with E-state index in [2.05, 4.69) is 6.07 Å². The molecular weight excluding hydrogens is 242 g/mol. The van der Waals surface area contributed by atoms with Gasteiger partial charge in [0.15, 0.2) is 0 Å². The van der Waals surface area contributed by atoms with Gasteiger partial charge in [0.25, 0.3) is 0 Å². The van der Waals surface area contributed by atoms with E-state index in [0.717, 1.165) is 16.2 Å². The molecule has 0 saturated carbocycles. The zero-order valence-corrected chi connectivity index (χ0v) is 11.1. The van der Waals surface area contributed by atoms with Crippen molar-refractivity contribution in [3.05, 3.63) is 53.6 Å². The van der Waals surface area contributed by atoms with Crippen molar-refractivity contribution in [1.82, 2.24) is 0 Å². The highest BCUT2D eigenvalue weighted by Gasteiger charge is 2.09. The van der Waals surface area contributed by atoms with Gasteiger partial charge in [0.05, 0.1) is 5.56 Å². The van der Waals surface area contributed by atoms with E-state index >= 15 is 0 Å². The number of rotatable bonds is 3. The van der Waals surface area contributed by atoms with Gasteiger partial charge in [0.1, 0.15) is 17.6 Å². The molecule has 90 valence electrons. The van der Waals surface area contributed by atoms with Crippen LogP contribution in [0.4, 0.5) is 0 Å². The third kappa shape index (κ3) is 2.49. The van der Waals surface area contributed by atoms with Gasteiger partial charge < -0.3 is 4.74 Å². The molecule has 0 heterocycles. The second kappa shape index (κ2) is 5.61. The molecule has 0 amide bonds. The Morgan fingerprint density at radius 3 is 2.61 bits per heavy atom. The van der Waals surface area contributed by atoms with E-state index in [0.29, 0.717) is 11.3 Å². The summed E-state index contributed by atoms with van der Waals surface area (Å²) < 4.78 is 5.91. The highest BCUT2D eigenvalue weighted by atomic mass is 32.2. The second-order valence-electron chi connectivity index (χ2n) is 3.82. The van der Waals surface area contributed by atoms with Crippen LogP contribution in [0, 0.1) is 18.3 Å². The lowest BCUT2D eigenvalue weighted by Crippen LogP contribution is -1.92. The van der Waals surface area contributed by atoms with Crippen LogP contribution in [0.1, 0.15) is 11.1 Å². The second-order valence-corrected chi connectivity index (χ2v) is 4.66. The van der Waals surface area contributed by atoms with Gasteiger partial charge in [-0.15, -0.1) is 11.8 Å². The summed E-state index contributed by atoms with van der Waals surface area (Å²) in [6.07, 6.45) is 2.01. The molecule has 0 aliphatic heterocycles. The monoisotopic (exact) mass is 255 g/mol. The van der Waals surface area contributed by atoms with Crippen molar-refractivity contribution in [1.29, 1.82) is 5.26 Å². The van der Waals surface area contributed by atoms with Gasteiger partial charge in [-0.1, -0.05) is 24.3 Å². The van der Waals surface area contributed by atoms with Crippen molar-refractivity contribution >= 4 is 11.8 Å². The smallest absolute Gasteiger partial charge is 0.148 e. The molecule has 0 unspecified atom stereocenters. The highest BCUT2D eigenvalue weighted by Crippen LogP contribution is 2.34. The number of hydrogen-bond donors (Lipinski definition) is 0. The Labute approximate surface area is 111 Å². The van der Waals surface area contributed by atoms with Crippen molar-refractivity contribution in [2.75, 3.05) is 6.26 Å². The zero-order valence-electron chi connectivity index (χ0n) is 10.3. The standard InChI is InChI=1S/C15H13NOS/c1-11-6-5-7-12(10-16)15(11)17-13-8-3-4-9-14(13)18-2/h3-9H,1-2H3. The first kappa shape index (κ1) is 12.5. The van der Waals surface area contributed by atoms with Crippen LogP contribution in [-0.2, 0) is 0 Å². The van der Waals surface area contributed by atoms with Gasteiger partial charge in [0, 0.05) is 4.90 Å². The van der Waals surface area contributed by atoms with Crippen molar-refractivity contribution in [2.45, 2.75) is 11.8 Å². The molecule has 3 heteroatoms. The first-order valence-electron chi connectivity index (χ1n) is 5.57. The van der Waals surface area contributed by atoms with E-state index in [1.165, 1.54) is 0 Å². The average molecular weight is 255 g/mol. The number of para-hydroxylation sites is 2. The lowest BCUT2D eigenvalue weighted by atomic mass is 10.1. The molecular formula is C15H13NOS.